The van der Waals surface area contributed by atoms with E-state index < -0.39 is 10.9 Å². The summed E-state index contributed by atoms with van der Waals surface area (Å²) in [5.41, 5.74) is 0.609. The van der Waals surface area contributed by atoms with Gasteiger partial charge in [-0.25, -0.2) is 4.98 Å². The maximum Gasteiger partial charge on any atom is 0.253 e. The highest BCUT2D eigenvalue weighted by atomic mass is 35.5. The van der Waals surface area contributed by atoms with Gasteiger partial charge in [-0.1, -0.05) is 63.0 Å². The van der Waals surface area contributed by atoms with Crippen LogP contribution in [0.3, 0.4) is 0 Å². The molecule has 50 heavy (non-hydrogen) atoms. The van der Waals surface area contributed by atoms with Crippen molar-refractivity contribution in [1.29, 1.82) is 0 Å². The summed E-state index contributed by atoms with van der Waals surface area (Å²) in [5.74, 6) is 2.18. The Morgan fingerprint density at radius 1 is 1.00 bits per heavy atom. The van der Waals surface area contributed by atoms with Crippen LogP contribution in [0.1, 0.15) is 76.1 Å². The minimum absolute atomic E-state index is 0.0220. The lowest BCUT2D eigenvalue weighted by atomic mass is 9.85. The highest BCUT2D eigenvalue weighted by Gasteiger charge is 2.36. The molecule has 2 saturated heterocycles. The number of aliphatic hydroxyl groups is 1. The molecule has 0 bridgehead atoms. The predicted octanol–water partition coefficient (Wildman–Crippen LogP) is 6.93. The summed E-state index contributed by atoms with van der Waals surface area (Å²) in [6, 6.07) is 13.8. The summed E-state index contributed by atoms with van der Waals surface area (Å²) in [5, 5.41) is 17.8. The van der Waals surface area contributed by atoms with Gasteiger partial charge in [0.2, 0.25) is 0 Å². The van der Waals surface area contributed by atoms with Crippen LogP contribution in [0.4, 0.5) is 22.9 Å². The summed E-state index contributed by atoms with van der Waals surface area (Å²) in [4.78, 5) is 37.4. The van der Waals surface area contributed by atoms with Gasteiger partial charge >= 0.3 is 0 Å². The zero-order valence-electron chi connectivity index (χ0n) is 29.5. The highest BCUT2D eigenvalue weighted by molar-refractivity contribution is 6.33. The first-order valence-corrected chi connectivity index (χ1v) is 18.3. The minimum atomic E-state index is -0.583. The van der Waals surface area contributed by atoms with E-state index in [0.717, 1.165) is 63.3 Å². The zero-order chi connectivity index (χ0) is 35.7. The first kappa shape index (κ1) is 36.4. The molecule has 1 unspecified atom stereocenters. The Balaban J connectivity index is 1.09. The molecule has 2 aromatic heterocycles. The second-order valence-electron chi connectivity index (χ2n) is 14.7. The lowest BCUT2D eigenvalue weighted by Gasteiger charge is -2.48. The largest absolute Gasteiger partial charge is 0.464 e. The second-order valence-corrected chi connectivity index (χ2v) is 15.6. The van der Waals surface area contributed by atoms with Gasteiger partial charge in [0.25, 0.3) is 10.9 Å². The van der Waals surface area contributed by atoms with Crippen molar-refractivity contribution in [3.63, 3.8) is 0 Å². The van der Waals surface area contributed by atoms with E-state index in [2.05, 4.69) is 32.3 Å². The number of benzene rings is 1. The van der Waals surface area contributed by atoms with Crippen molar-refractivity contribution in [2.45, 2.75) is 78.0 Å². The molecule has 0 amide bonds. The van der Waals surface area contributed by atoms with E-state index in [-0.39, 0.29) is 35.5 Å². The lowest BCUT2D eigenvalue weighted by Crippen LogP contribution is -2.58. The van der Waals surface area contributed by atoms with Crippen molar-refractivity contribution in [3.8, 4) is 0 Å². The number of halogens is 2. The number of rotatable bonds is 11. The Morgan fingerprint density at radius 2 is 1.70 bits per heavy atom. The molecule has 268 valence electrons. The normalized spacial score (nSPS) is 19.5. The Labute approximate surface area is 304 Å². The van der Waals surface area contributed by atoms with Crippen LogP contribution in [0.2, 0.25) is 10.0 Å². The van der Waals surface area contributed by atoms with Crippen LogP contribution < -0.4 is 26.4 Å². The molecule has 0 radical (unpaired) electrons. The van der Waals surface area contributed by atoms with Crippen molar-refractivity contribution >= 4 is 46.1 Å². The summed E-state index contributed by atoms with van der Waals surface area (Å²) in [6.07, 6.45) is 4.77. The van der Waals surface area contributed by atoms with Crippen molar-refractivity contribution < 1.29 is 9.52 Å². The molecular weight excluding hydrogens is 675 g/mol. The van der Waals surface area contributed by atoms with Crippen LogP contribution in [0.5, 0.6) is 0 Å². The molecule has 3 atom stereocenters. The maximum absolute atomic E-state index is 12.7. The molecule has 10 nitrogen and oxygen atoms in total. The molecule has 2 aromatic carbocycles. The zero-order valence-corrected chi connectivity index (χ0v) is 31.0. The Kier molecular flexibility index (Phi) is 11.0. The van der Waals surface area contributed by atoms with E-state index in [9.17, 15) is 14.7 Å². The molecule has 2 aliphatic heterocycles. The number of furan rings is 1. The van der Waals surface area contributed by atoms with Crippen LogP contribution in [-0.2, 0) is 0 Å². The van der Waals surface area contributed by atoms with Crippen molar-refractivity contribution in [2.75, 3.05) is 54.9 Å². The smallest absolute Gasteiger partial charge is 0.253 e. The molecule has 0 saturated carbocycles. The van der Waals surface area contributed by atoms with E-state index >= 15 is 0 Å². The molecular formula is C38H48Cl2N6O4. The fraction of sp³-hybridized carbons (Fsp3) is 0.500. The number of aryl methyl sites for hydroxylation is 1. The van der Waals surface area contributed by atoms with Gasteiger partial charge in [0.1, 0.15) is 28.7 Å². The number of hydrogen-bond donors (Lipinski definition) is 3. The average molecular weight is 724 g/mol. The van der Waals surface area contributed by atoms with Crippen molar-refractivity contribution in [3.05, 3.63) is 96.2 Å². The summed E-state index contributed by atoms with van der Waals surface area (Å²) < 4.78 is 5.89. The van der Waals surface area contributed by atoms with Crippen LogP contribution in [0.25, 0.3) is 0 Å². The van der Waals surface area contributed by atoms with Gasteiger partial charge in [0, 0.05) is 49.8 Å². The van der Waals surface area contributed by atoms with Crippen LogP contribution in [-0.4, -0.2) is 71.3 Å². The molecule has 3 N–H and O–H groups in total. The SMILES string of the molecule is CC[C@H]1CN(c2ncc(Nc3c(NC(c4ccc(C)o4)C(C)(C)C)c(=O)c3=O)cc2Cl)CCN1C1CCN([C@H](CO)c2ccc(Cl)cc2)CC1. The van der Waals surface area contributed by atoms with Crippen LogP contribution in [0, 0.1) is 12.3 Å². The van der Waals surface area contributed by atoms with Gasteiger partial charge in [0.15, 0.2) is 0 Å². The Bertz CT molecular complexity index is 1840. The summed E-state index contributed by atoms with van der Waals surface area (Å²) in [7, 11) is 0. The van der Waals surface area contributed by atoms with E-state index in [1.165, 1.54) is 0 Å². The van der Waals surface area contributed by atoms with Gasteiger partial charge < -0.3 is 25.1 Å². The number of nitrogens with zero attached hydrogens (tertiary/aromatic N) is 4. The Morgan fingerprint density at radius 3 is 2.30 bits per heavy atom. The predicted molar refractivity (Wildman–Crippen MR) is 202 cm³/mol. The standard InChI is InChI=1S/C38H48Cl2N6O4/c1-6-27-21-45(17-18-46(27)28-13-15-44(16-14-28)30(22-47)24-8-10-25(39)11-9-24)37-29(40)19-26(20-41-37)42-32-33(35(49)34(32)48)43-36(38(3,4)5)31-12-7-23(2)50-31/h7-12,19-20,27-28,30,36,42-43,47H,6,13-18,21-22H2,1-5H3/t27-,30+,36?/m0/s1. The van der Waals surface area contributed by atoms with E-state index in [1.54, 1.807) is 12.3 Å². The number of pyridine rings is 1. The number of aliphatic hydroxyl groups excluding tert-OH is 1. The minimum Gasteiger partial charge on any atom is -0.464 e. The molecule has 12 heteroatoms. The molecule has 0 spiro atoms. The topological polar surface area (TPSA) is 114 Å². The molecule has 0 aliphatic carbocycles. The van der Waals surface area contributed by atoms with Gasteiger partial charge in [-0.3, -0.25) is 19.4 Å². The number of anilines is 4. The molecule has 6 rings (SSSR count). The fourth-order valence-electron chi connectivity index (χ4n) is 7.54. The van der Waals surface area contributed by atoms with Gasteiger partial charge in [-0.15, -0.1) is 0 Å². The number of piperidine rings is 1. The van der Waals surface area contributed by atoms with Crippen molar-refractivity contribution in [1.82, 2.24) is 14.8 Å². The molecule has 2 fully saturated rings. The number of aromatic nitrogens is 1. The van der Waals surface area contributed by atoms with Gasteiger partial charge in [0.05, 0.1) is 35.6 Å². The van der Waals surface area contributed by atoms with Gasteiger partial charge in [-0.2, -0.15) is 0 Å². The number of likely N-dealkylation sites (tertiary alicyclic amines) is 1. The fourth-order valence-corrected chi connectivity index (χ4v) is 7.96. The average Bonchev–Trinajstić information content (AvgIpc) is 3.53. The third kappa shape index (κ3) is 7.60. The Hall–Kier alpha value is -3.41. The van der Waals surface area contributed by atoms with Crippen molar-refractivity contribution in [2.24, 2.45) is 5.41 Å². The molecule has 2 aliphatic rings. The van der Waals surface area contributed by atoms with Crippen LogP contribution >= 0.6 is 23.2 Å². The lowest BCUT2D eigenvalue weighted by molar-refractivity contribution is 0.0356. The monoisotopic (exact) mass is 722 g/mol. The second kappa shape index (κ2) is 15.1. The summed E-state index contributed by atoms with van der Waals surface area (Å²) in [6.45, 7) is 14.7. The summed E-state index contributed by atoms with van der Waals surface area (Å²) >= 11 is 12.9. The number of hydrogen-bond acceptors (Lipinski definition) is 10. The maximum atomic E-state index is 12.7. The first-order valence-electron chi connectivity index (χ1n) is 17.6. The highest BCUT2D eigenvalue weighted by Crippen LogP contribution is 2.38. The van der Waals surface area contributed by atoms with E-state index in [1.807, 2.05) is 64.1 Å². The quantitative estimate of drug-likeness (QED) is 0.141. The number of piperazine rings is 1. The third-order valence-electron chi connectivity index (χ3n) is 10.3. The van der Waals surface area contributed by atoms with Crippen LogP contribution in [0.15, 0.2) is 62.7 Å². The van der Waals surface area contributed by atoms with E-state index in [0.29, 0.717) is 39.4 Å². The third-order valence-corrected chi connectivity index (χ3v) is 10.9. The van der Waals surface area contributed by atoms with Gasteiger partial charge in [-0.05, 0) is 67.5 Å². The molecule has 4 aromatic rings. The number of nitrogens with one attached hydrogen (secondary N) is 2. The first-order chi connectivity index (χ1) is 23.9. The molecule has 4 heterocycles. The van der Waals surface area contributed by atoms with E-state index in [4.69, 9.17) is 32.6 Å².